The molecular formula is C8H6BrClN2O2. The van der Waals surface area contributed by atoms with E-state index >= 15 is 0 Å². The molecule has 74 valence electrons. The smallest absolute Gasteiger partial charge is 0.267 e. The largest absolute Gasteiger partial charge is 0.475 e. The lowest BCUT2D eigenvalue weighted by atomic mass is 10.3. The highest BCUT2D eigenvalue weighted by molar-refractivity contribution is 9.10. The second kappa shape index (κ2) is 3.74. The van der Waals surface area contributed by atoms with Crippen molar-refractivity contribution in [1.82, 2.24) is 4.98 Å². The van der Waals surface area contributed by atoms with Gasteiger partial charge in [-0.25, -0.2) is 4.98 Å². The molecule has 1 amide bonds. The van der Waals surface area contributed by atoms with Crippen molar-refractivity contribution in [3.05, 3.63) is 16.7 Å². The summed E-state index contributed by atoms with van der Waals surface area (Å²) in [6.07, 6.45) is -0.632. The first kappa shape index (κ1) is 9.73. The van der Waals surface area contributed by atoms with E-state index < -0.39 is 6.10 Å². The highest BCUT2D eigenvalue weighted by Gasteiger charge is 2.27. The fraction of sp³-hybridized carbons (Fsp3) is 0.250. The fourth-order valence-corrected chi connectivity index (χ4v) is 1.63. The Hall–Kier alpha value is -0.810. The minimum Gasteiger partial charge on any atom is -0.475 e. The van der Waals surface area contributed by atoms with Crippen LogP contribution in [0.5, 0.6) is 5.75 Å². The van der Waals surface area contributed by atoms with Crippen LogP contribution in [0.2, 0.25) is 0 Å². The predicted octanol–water partition coefficient (Wildman–Crippen LogP) is 1.78. The van der Waals surface area contributed by atoms with Crippen molar-refractivity contribution in [3.63, 3.8) is 0 Å². The Morgan fingerprint density at radius 3 is 3.14 bits per heavy atom. The second-order valence-corrected chi connectivity index (χ2v) is 3.85. The van der Waals surface area contributed by atoms with Crippen molar-refractivity contribution >= 4 is 39.3 Å². The van der Waals surface area contributed by atoms with Gasteiger partial charge in [-0.3, -0.25) is 4.79 Å². The third-order valence-corrected chi connectivity index (χ3v) is 2.49. The molecule has 1 aliphatic rings. The third-order valence-electron chi connectivity index (χ3n) is 1.77. The van der Waals surface area contributed by atoms with Crippen molar-refractivity contribution in [3.8, 4) is 5.75 Å². The van der Waals surface area contributed by atoms with E-state index in [0.717, 1.165) is 0 Å². The molecule has 0 spiro atoms. The van der Waals surface area contributed by atoms with E-state index in [1.54, 1.807) is 12.1 Å². The Kier molecular flexibility index (Phi) is 2.60. The number of alkyl halides is 1. The van der Waals surface area contributed by atoms with Gasteiger partial charge in [0.2, 0.25) is 0 Å². The van der Waals surface area contributed by atoms with Gasteiger partial charge in [-0.05, 0) is 28.1 Å². The molecule has 0 saturated heterocycles. The first-order valence-corrected chi connectivity index (χ1v) is 5.23. The van der Waals surface area contributed by atoms with Gasteiger partial charge in [0.05, 0.1) is 5.88 Å². The Bertz CT molecular complexity index is 386. The number of fused-ring (bicyclic) bond motifs is 1. The second-order valence-electron chi connectivity index (χ2n) is 2.73. The minimum atomic E-state index is -0.632. The lowest BCUT2D eigenvalue weighted by Gasteiger charge is -2.23. The number of carbonyl (C=O) groups is 1. The van der Waals surface area contributed by atoms with Crippen LogP contribution in [0.3, 0.4) is 0 Å². The van der Waals surface area contributed by atoms with E-state index in [2.05, 4.69) is 26.2 Å². The first-order valence-electron chi connectivity index (χ1n) is 3.91. The van der Waals surface area contributed by atoms with Crippen molar-refractivity contribution < 1.29 is 9.53 Å². The standard InChI is InChI=1S/C8H6BrClN2O2/c9-6-2-1-4-7(11-6)12-8(13)5(3-10)14-4/h1-2,5H,3H2,(H,11,12,13). The monoisotopic (exact) mass is 276 g/mol. The maximum Gasteiger partial charge on any atom is 0.267 e. The predicted molar refractivity (Wildman–Crippen MR) is 55.7 cm³/mol. The van der Waals surface area contributed by atoms with Crippen LogP contribution in [0.15, 0.2) is 16.7 Å². The maximum absolute atomic E-state index is 11.3. The van der Waals surface area contributed by atoms with Crippen molar-refractivity contribution in [2.45, 2.75) is 6.10 Å². The average molecular weight is 278 g/mol. The molecule has 0 aliphatic carbocycles. The highest BCUT2D eigenvalue weighted by Crippen LogP contribution is 2.29. The molecule has 0 fully saturated rings. The molecular weight excluding hydrogens is 271 g/mol. The number of nitrogens with zero attached hydrogens (tertiary/aromatic N) is 1. The molecule has 1 aromatic heterocycles. The van der Waals surface area contributed by atoms with Crippen LogP contribution < -0.4 is 10.1 Å². The molecule has 14 heavy (non-hydrogen) atoms. The van der Waals surface area contributed by atoms with Gasteiger partial charge in [-0.2, -0.15) is 0 Å². The quantitative estimate of drug-likeness (QED) is 0.629. The first-order chi connectivity index (χ1) is 6.70. The molecule has 1 aliphatic heterocycles. The molecule has 0 aromatic carbocycles. The molecule has 2 heterocycles. The Morgan fingerprint density at radius 1 is 1.64 bits per heavy atom. The number of anilines is 1. The van der Waals surface area contributed by atoms with Gasteiger partial charge in [0.25, 0.3) is 5.91 Å². The third kappa shape index (κ3) is 1.69. The Morgan fingerprint density at radius 2 is 2.43 bits per heavy atom. The number of rotatable bonds is 1. The summed E-state index contributed by atoms with van der Waals surface area (Å²) < 4.78 is 5.96. The van der Waals surface area contributed by atoms with Gasteiger partial charge < -0.3 is 10.1 Å². The average Bonchev–Trinajstić information content (AvgIpc) is 2.16. The maximum atomic E-state index is 11.3. The van der Waals surface area contributed by atoms with E-state index in [1.165, 1.54) is 0 Å². The zero-order valence-corrected chi connectivity index (χ0v) is 9.30. The molecule has 0 radical (unpaired) electrons. The van der Waals surface area contributed by atoms with E-state index in [9.17, 15) is 4.79 Å². The summed E-state index contributed by atoms with van der Waals surface area (Å²) in [6, 6.07) is 3.47. The van der Waals surface area contributed by atoms with Crippen molar-refractivity contribution in [2.24, 2.45) is 0 Å². The van der Waals surface area contributed by atoms with E-state index in [-0.39, 0.29) is 11.8 Å². The van der Waals surface area contributed by atoms with E-state index in [4.69, 9.17) is 16.3 Å². The summed E-state index contributed by atoms with van der Waals surface area (Å²) in [7, 11) is 0. The summed E-state index contributed by atoms with van der Waals surface area (Å²) in [4.78, 5) is 15.4. The number of halogens is 2. The number of nitrogens with one attached hydrogen (secondary N) is 1. The Balaban J connectivity index is 2.35. The molecule has 1 aromatic rings. The number of hydrogen-bond donors (Lipinski definition) is 1. The highest BCUT2D eigenvalue weighted by atomic mass is 79.9. The molecule has 1 atom stereocenters. The molecule has 0 bridgehead atoms. The summed E-state index contributed by atoms with van der Waals surface area (Å²) in [5.74, 6) is 0.823. The molecule has 2 rings (SSSR count). The number of pyridine rings is 1. The van der Waals surface area contributed by atoms with E-state index in [0.29, 0.717) is 16.2 Å². The number of aromatic nitrogens is 1. The van der Waals surface area contributed by atoms with Crippen LogP contribution in [0.25, 0.3) is 0 Å². The lowest BCUT2D eigenvalue weighted by molar-refractivity contribution is -0.122. The van der Waals surface area contributed by atoms with Crippen LogP contribution in [0.4, 0.5) is 5.82 Å². The van der Waals surface area contributed by atoms with Gasteiger partial charge in [0, 0.05) is 0 Å². The van der Waals surface area contributed by atoms with Gasteiger partial charge in [-0.1, -0.05) is 0 Å². The topological polar surface area (TPSA) is 51.2 Å². The molecule has 1 unspecified atom stereocenters. The molecule has 4 nitrogen and oxygen atoms in total. The van der Waals surface area contributed by atoms with Gasteiger partial charge >= 0.3 is 0 Å². The number of carbonyl (C=O) groups excluding carboxylic acids is 1. The van der Waals surface area contributed by atoms with Crippen LogP contribution in [0, 0.1) is 0 Å². The SMILES string of the molecule is O=C1Nc2nc(Br)ccc2OC1CCl. The lowest BCUT2D eigenvalue weighted by Crippen LogP contribution is -2.38. The van der Waals surface area contributed by atoms with Gasteiger partial charge in [0.1, 0.15) is 4.60 Å². The molecule has 1 N–H and O–H groups in total. The number of amides is 1. The summed E-state index contributed by atoms with van der Waals surface area (Å²) in [6.45, 7) is 0. The zero-order chi connectivity index (χ0) is 10.1. The number of hydrogen-bond acceptors (Lipinski definition) is 3. The Labute approximate surface area is 93.7 Å². The summed E-state index contributed by atoms with van der Waals surface area (Å²) in [5.41, 5.74) is 0. The van der Waals surface area contributed by atoms with Crippen LogP contribution in [-0.2, 0) is 4.79 Å². The molecule has 6 heteroatoms. The van der Waals surface area contributed by atoms with E-state index in [1.807, 2.05) is 0 Å². The van der Waals surface area contributed by atoms with Crippen molar-refractivity contribution in [2.75, 3.05) is 11.2 Å². The van der Waals surface area contributed by atoms with Crippen LogP contribution in [0.1, 0.15) is 0 Å². The minimum absolute atomic E-state index is 0.126. The van der Waals surface area contributed by atoms with Gasteiger partial charge in [0.15, 0.2) is 17.7 Å². The van der Waals surface area contributed by atoms with Gasteiger partial charge in [-0.15, -0.1) is 11.6 Å². The summed E-state index contributed by atoms with van der Waals surface area (Å²) >= 11 is 8.76. The van der Waals surface area contributed by atoms with Crippen molar-refractivity contribution in [1.29, 1.82) is 0 Å². The summed E-state index contributed by atoms with van der Waals surface area (Å²) in [5, 5.41) is 2.61. The van der Waals surface area contributed by atoms with Crippen LogP contribution in [-0.4, -0.2) is 22.9 Å². The fourth-order valence-electron chi connectivity index (χ4n) is 1.11. The number of ether oxygens (including phenoxy) is 1. The zero-order valence-electron chi connectivity index (χ0n) is 6.96. The van der Waals surface area contributed by atoms with Crippen LogP contribution >= 0.6 is 27.5 Å². The molecule has 0 saturated carbocycles. The normalized spacial score (nSPS) is 19.6.